The lowest BCUT2D eigenvalue weighted by atomic mass is 10.0. The summed E-state index contributed by atoms with van der Waals surface area (Å²) in [7, 11) is 0. The van der Waals surface area contributed by atoms with Gasteiger partial charge in [0.25, 0.3) is 5.91 Å². The highest BCUT2D eigenvalue weighted by Gasteiger charge is 2.63. The van der Waals surface area contributed by atoms with Crippen LogP contribution >= 0.6 is 11.8 Å². The first kappa shape index (κ1) is 19.6. The zero-order valence-electron chi connectivity index (χ0n) is 16.9. The molecule has 7 heteroatoms. The molecule has 3 aliphatic heterocycles. The Labute approximate surface area is 179 Å². The van der Waals surface area contributed by atoms with Crippen molar-refractivity contribution in [3.8, 4) is 0 Å². The SMILES string of the molecule is C[C@@H]1S[C@]2(C(=O)N(CN3CCCCC3)c3ccccc32)N(c2ccc(F)cc2)C1=O. The third-order valence-electron chi connectivity index (χ3n) is 6.20. The maximum atomic E-state index is 14.0. The smallest absolute Gasteiger partial charge is 0.269 e. The van der Waals surface area contributed by atoms with Gasteiger partial charge in [-0.2, -0.15) is 0 Å². The molecule has 3 aliphatic rings. The molecule has 2 saturated heterocycles. The summed E-state index contributed by atoms with van der Waals surface area (Å²) in [5.74, 6) is -0.596. The minimum absolute atomic E-state index is 0.0960. The summed E-state index contributed by atoms with van der Waals surface area (Å²) in [6, 6.07) is 13.6. The first-order valence-electron chi connectivity index (χ1n) is 10.4. The van der Waals surface area contributed by atoms with Crippen LogP contribution < -0.4 is 9.80 Å². The number of likely N-dealkylation sites (tertiary alicyclic amines) is 1. The minimum Gasteiger partial charge on any atom is -0.295 e. The summed E-state index contributed by atoms with van der Waals surface area (Å²) in [6.45, 7) is 4.31. The molecule has 0 unspecified atom stereocenters. The van der Waals surface area contributed by atoms with E-state index in [0.29, 0.717) is 12.4 Å². The van der Waals surface area contributed by atoms with Crippen molar-refractivity contribution in [2.24, 2.45) is 0 Å². The van der Waals surface area contributed by atoms with Crippen LogP contribution in [-0.4, -0.2) is 41.7 Å². The molecule has 5 nitrogen and oxygen atoms in total. The number of carbonyl (C=O) groups is 2. The van der Waals surface area contributed by atoms with Crippen LogP contribution in [0.4, 0.5) is 15.8 Å². The maximum Gasteiger partial charge on any atom is 0.269 e. The van der Waals surface area contributed by atoms with Crippen LogP contribution in [0.15, 0.2) is 48.5 Å². The van der Waals surface area contributed by atoms with Gasteiger partial charge in [0.2, 0.25) is 10.8 Å². The Hall–Kier alpha value is -2.38. The fourth-order valence-corrected chi connectivity index (χ4v) is 6.30. The van der Waals surface area contributed by atoms with Gasteiger partial charge in [0.1, 0.15) is 5.82 Å². The largest absolute Gasteiger partial charge is 0.295 e. The monoisotopic (exact) mass is 425 g/mol. The number of thioether (sulfide) groups is 1. The van der Waals surface area contributed by atoms with Crippen molar-refractivity contribution in [2.45, 2.75) is 36.3 Å². The van der Waals surface area contributed by atoms with E-state index < -0.39 is 4.87 Å². The molecule has 2 amide bonds. The second-order valence-corrected chi connectivity index (χ2v) is 9.66. The topological polar surface area (TPSA) is 43.9 Å². The van der Waals surface area contributed by atoms with Crippen LogP contribution in [0.2, 0.25) is 0 Å². The molecule has 2 aromatic rings. The second-order valence-electron chi connectivity index (χ2n) is 8.12. The Bertz CT molecular complexity index is 992. The van der Waals surface area contributed by atoms with E-state index >= 15 is 0 Å². The molecule has 5 rings (SSSR count). The van der Waals surface area contributed by atoms with Gasteiger partial charge in [-0.1, -0.05) is 24.6 Å². The van der Waals surface area contributed by atoms with Crippen LogP contribution in [0, 0.1) is 5.82 Å². The van der Waals surface area contributed by atoms with Gasteiger partial charge >= 0.3 is 0 Å². The molecule has 3 heterocycles. The molecule has 0 bridgehead atoms. The van der Waals surface area contributed by atoms with E-state index in [9.17, 15) is 14.0 Å². The van der Waals surface area contributed by atoms with E-state index in [0.717, 1.165) is 37.2 Å². The normalized spacial score (nSPS) is 26.7. The van der Waals surface area contributed by atoms with Crippen molar-refractivity contribution in [2.75, 3.05) is 29.6 Å². The molecule has 2 atom stereocenters. The first-order valence-corrected chi connectivity index (χ1v) is 11.3. The Morgan fingerprint density at radius 1 is 1.03 bits per heavy atom. The third-order valence-corrected chi connectivity index (χ3v) is 7.67. The van der Waals surface area contributed by atoms with Gasteiger partial charge in [0, 0.05) is 11.3 Å². The van der Waals surface area contributed by atoms with Crippen LogP contribution in [0.1, 0.15) is 31.7 Å². The molecule has 156 valence electrons. The first-order chi connectivity index (χ1) is 14.5. The second kappa shape index (κ2) is 7.39. The van der Waals surface area contributed by atoms with Crippen molar-refractivity contribution in [3.63, 3.8) is 0 Å². The fraction of sp³-hybridized carbons (Fsp3) is 0.391. The summed E-state index contributed by atoms with van der Waals surface area (Å²) in [5, 5.41) is -0.373. The molecular weight excluding hydrogens is 401 g/mol. The number of fused-ring (bicyclic) bond motifs is 2. The molecule has 30 heavy (non-hydrogen) atoms. The molecule has 0 aliphatic carbocycles. The van der Waals surface area contributed by atoms with Crippen molar-refractivity contribution in [1.29, 1.82) is 0 Å². The maximum absolute atomic E-state index is 14.0. The van der Waals surface area contributed by atoms with Crippen molar-refractivity contribution in [1.82, 2.24) is 4.90 Å². The number of piperidine rings is 1. The molecule has 0 radical (unpaired) electrons. The van der Waals surface area contributed by atoms with E-state index in [-0.39, 0.29) is 22.9 Å². The molecule has 2 fully saturated rings. The standard InChI is InChI=1S/C23H24FN3O2S/c1-16-21(28)27(18-11-9-17(24)10-12-18)23(30-16)19-7-3-4-8-20(19)26(22(23)29)15-25-13-5-2-6-14-25/h3-4,7-12,16H,2,5-6,13-15H2,1H3/t16-,23+/m0/s1. The van der Waals surface area contributed by atoms with Crippen LogP contribution in [0.25, 0.3) is 0 Å². The number of anilines is 2. The molecule has 2 aromatic carbocycles. The summed E-state index contributed by atoms with van der Waals surface area (Å²) >= 11 is 1.38. The summed E-state index contributed by atoms with van der Waals surface area (Å²) < 4.78 is 13.6. The number of benzene rings is 2. The average molecular weight is 426 g/mol. The van der Waals surface area contributed by atoms with Gasteiger partial charge in [-0.3, -0.25) is 24.3 Å². The van der Waals surface area contributed by atoms with Gasteiger partial charge in [0.05, 0.1) is 17.6 Å². The lowest BCUT2D eigenvalue weighted by Gasteiger charge is -2.35. The zero-order chi connectivity index (χ0) is 20.9. The fourth-order valence-electron chi connectivity index (χ4n) is 4.77. The highest BCUT2D eigenvalue weighted by Crippen LogP contribution is 2.57. The van der Waals surface area contributed by atoms with Gasteiger partial charge in [-0.25, -0.2) is 4.39 Å². The number of rotatable bonds is 3. The Morgan fingerprint density at radius 2 is 1.73 bits per heavy atom. The van der Waals surface area contributed by atoms with Crippen LogP contribution in [-0.2, 0) is 14.5 Å². The quantitative estimate of drug-likeness (QED) is 0.747. The number of nitrogens with zero attached hydrogens (tertiary/aromatic N) is 3. The highest BCUT2D eigenvalue weighted by atomic mass is 32.2. The summed E-state index contributed by atoms with van der Waals surface area (Å²) in [4.78, 5) is 31.8. The number of halogens is 1. The summed E-state index contributed by atoms with van der Waals surface area (Å²) in [5.41, 5.74) is 2.23. The number of hydrogen-bond acceptors (Lipinski definition) is 4. The average Bonchev–Trinajstić information content (AvgIpc) is 3.16. The van der Waals surface area contributed by atoms with E-state index in [2.05, 4.69) is 4.90 Å². The number of carbonyl (C=O) groups excluding carboxylic acids is 2. The zero-order valence-corrected chi connectivity index (χ0v) is 17.7. The highest BCUT2D eigenvalue weighted by molar-refractivity contribution is 8.03. The molecule has 0 aromatic heterocycles. The van der Waals surface area contributed by atoms with E-state index in [1.807, 2.05) is 36.1 Å². The van der Waals surface area contributed by atoms with E-state index in [1.54, 1.807) is 17.0 Å². The lowest BCUT2D eigenvalue weighted by molar-refractivity contribution is -0.124. The Kier molecular flexibility index (Phi) is 4.82. The van der Waals surface area contributed by atoms with Gasteiger partial charge in [-0.15, -0.1) is 11.8 Å². The number of hydrogen-bond donors (Lipinski definition) is 0. The molecular formula is C23H24FN3O2S. The van der Waals surface area contributed by atoms with E-state index in [4.69, 9.17) is 0 Å². The van der Waals surface area contributed by atoms with Crippen LogP contribution in [0.3, 0.4) is 0 Å². The van der Waals surface area contributed by atoms with Gasteiger partial charge < -0.3 is 0 Å². The van der Waals surface area contributed by atoms with E-state index in [1.165, 1.54) is 30.3 Å². The number of para-hydroxylation sites is 1. The Morgan fingerprint density at radius 3 is 2.47 bits per heavy atom. The van der Waals surface area contributed by atoms with Crippen molar-refractivity contribution >= 4 is 35.0 Å². The molecule has 0 saturated carbocycles. The third kappa shape index (κ3) is 2.87. The predicted molar refractivity (Wildman–Crippen MR) is 117 cm³/mol. The van der Waals surface area contributed by atoms with Crippen molar-refractivity contribution in [3.05, 3.63) is 59.9 Å². The van der Waals surface area contributed by atoms with Crippen LogP contribution in [0.5, 0.6) is 0 Å². The molecule has 1 spiro atoms. The lowest BCUT2D eigenvalue weighted by Crippen LogP contribution is -2.52. The Balaban J connectivity index is 1.61. The van der Waals surface area contributed by atoms with Gasteiger partial charge in [-0.05, 0) is 63.2 Å². The van der Waals surface area contributed by atoms with Crippen molar-refractivity contribution < 1.29 is 14.0 Å². The summed E-state index contributed by atoms with van der Waals surface area (Å²) in [6.07, 6.45) is 3.51. The predicted octanol–water partition coefficient (Wildman–Crippen LogP) is 3.94. The van der Waals surface area contributed by atoms with Gasteiger partial charge in [0.15, 0.2) is 0 Å². The minimum atomic E-state index is -1.15. The molecule has 0 N–H and O–H groups in total. The number of amides is 2.